The number of H-pyrrole nitrogens is 2. The first-order chi connectivity index (χ1) is 18.1. The summed E-state index contributed by atoms with van der Waals surface area (Å²) in [7, 11) is 0. The van der Waals surface area contributed by atoms with E-state index < -0.39 is 0 Å². The molecule has 0 bridgehead atoms. The van der Waals surface area contributed by atoms with Crippen molar-refractivity contribution in [1.82, 2.24) is 30.1 Å². The molecule has 4 aromatic heterocycles. The predicted molar refractivity (Wildman–Crippen MR) is 152 cm³/mol. The van der Waals surface area contributed by atoms with Crippen molar-refractivity contribution < 1.29 is 4.79 Å². The monoisotopic (exact) mass is 597 g/mol. The number of benzene rings is 2. The van der Waals surface area contributed by atoms with E-state index in [0.29, 0.717) is 23.8 Å². The number of pyridine rings is 1. The number of hydrogen-bond donors (Lipinski definition) is 3. The standard InChI is InChI=1S/C28H20IN7O/c29-23-16-30-9-7-18(23)13-26(37)25-11-19-1-2-20(12-24(19)35-25)28-31-10-8-27(36-28)34-22-5-3-17(4-6-22)21-14-32-33-15-21/h1-12,14-16,35H,13H2,(H,32,33)(H,31,34,36). The van der Waals surface area contributed by atoms with Gasteiger partial charge in [0.1, 0.15) is 5.82 Å². The van der Waals surface area contributed by atoms with Gasteiger partial charge in [-0.2, -0.15) is 5.10 Å². The SMILES string of the molecule is O=C(Cc1ccncc1I)c1cc2ccc(-c3nccc(Nc4ccc(-c5cn[nH]c5)cc4)n3)cc2[nH]1. The van der Waals surface area contributed by atoms with Gasteiger partial charge in [-0.25, -0.2) is 9.97 Å². The van der Waals surface area contributed by atoms with Gasteiger partial charge in [-0.3, -0.25) is 14.9 Å². The number of nitrogens with zero attached hydrogens (tertiary/aromatic N) is 4. The number of fused-ring (bicyclic) bond motifs is 1. The number of aromatic nitrogens is 6. The second kappa shape index (κ2) is 9.94. The van der Waals surface area contributed by atoms with Gasteiger partial charge in [0.2, 0.25) is 0 Å². The molecule has 0 aliphatic heterocycles. The van der Waals surface area contributed by atoms with Crippen molar-refractivity contribution in [2.75, 3.05) is 5.32 Å². The van der Waals surface area contributed by atoms with Crippen LogP contribution in [0.15, 0.2) is 91.6 Å². The lowest BCUT2D eigenvalue weighted by atomic mass is 10.1. The summed E-state index contributed by atoms with van der Waals surface area (Å²) in [6.07, 6.45) is 9.18. The number of carbonyl (C=O) groups is 1. The maximum Gasteiger partial charge on any atom is 0.183 e. The molecule has 0 unspecified atom stereocenters. The molecule has 180 valence electrons. The van der Waals surface area contributed by atoms with Gasteiger partial charge in [0.05, 0.1) is 11.9 Å². The molecule has 8 nitrogen and oxygen atoms in total. The number of nitrogens with one attached hydrogen (secondary N) is 3. The van der Waals surface area contributed by atoms with Crippen molar-refractivity contribution in [1.29, 1.82) is 0 Å². The molecule has 2 aromatic carbocycles. The Morgan fingerprint density at radius 3 is 2.59 bits per heavy atom. The van der Waals surface area contributed by atoms with Crippen LogP contribution in [0.25, 0.3) is 33.4 Å². The molecule has 3 N–H and O–H groups in total. The first kappa shape index (κ1) is 23.0. The summed E-state index contributed by atoms with van der Waals surface area (Å²) in [6.45, 7) is 0. The van der Waals surface area contributed by atoms with Gasteiger partial charge in [0.15, 0.2) is 11.6 Å². The molecule has 0 saturated carbocycles. The number of ketones is 1. The van der Waals surface area contributed by atoms with Crippen molar-refractivity contribution in [2.24, 2.45) is 0 Å². The number of carbonyl (C=O) groups excluding carboxylic acids is 1. The number of Topliss-reactive ketones (excluding diaryl/α,β-unsaturated/α-hetero) is 1. The van der Waals surface area contributed by atoms with Crippen molar-refractivity contribution in [3.05, 3.63) is 106 Å². The molecular weight excluding hydrogens is 577 g/mol. The summed E-state index contributed by atoms with van der Waals surface area (Å²) < 4.78 is 0.978. The summed E-state index contributed by atoms with van der Waals surface area (Å²) >= 11 is 2.20. The first-order valence-corrected chi connectivity index (χ1v) is 12.6. The Labute approximate surface area is 225 Å². The Bertz CT molecular complexity index is 1710. The van der Waals surface area contributed by atoms with Gasteiger partial charge in [-0.15, -0.1) is 0 Å². The van der Waals surface area contributed by atoms with Crippen LogP contribution in [0.5, 0.6) is 0 Å². The van der Waals surface area contributed by atoms with E-state index in [1.807, 2.05) is 66.9 Å². The third-order valence-corrected chi connectivity index (χ3v) is 7.00. The van der Waals surface area contributed by atoms with E-state index >= 15 is 0 Å². The Kier molecular flexibility index (Phi) is 6.19. The molecule has 0 saturated heterocycles. The molecule has 0 spiro atoms. The lowest BCUT2D eigenvalue weighted by Gasteiger charge is -2.08. The maximum atomic E-state index is 12.9. The van der Waals surface area contributed by atoms with Gasteiger partial charge in [-0.05, 0) is 70.1 Å². The minimum atomic E-state index is 0.0306. The quantitative estimate of drug-likeness (QED) is 0.150. The largest absolute Gasteiger partial charge is 0.352 e. The van der Waals surface area contributed by atoms with Crippen molar-refractivity contribution >= 4 is 50.8 Å². The highest BCUT2D eigenvalue weighted by molar-refractivity contribution is 14.1. The minimum absolute atomic E-state index is 0.0306. The summed E-state index contributed by atoms with van der Waals surface area (Å²) in [6, 6.07) is 19.6. The van der Waals surface area contributed by atoms with Crippen LogP contribution in [0.3, 0.4) is 0 Å². The van der Waals surface area contributed by atoms with Crippen molar-refractivity contribution in [3.8, 4) is 22.5 Å². The van der Waals surface area contributed by atoms with Crippen LogP contribution >= 0.6 is 22.6 Å². The van der Waals surface area contributed by atoms with Gasteiger partial charge in [0, 0.05) is 62.5 Å². The number of hydrogen-bond acceptors (Lipinski definition) is 6. The molecule has 4 heterocycles. The van der Waals surface area contributed by atoms with Crippen LogP contribution in [-0.2, 0) is 6.42 Å². The summed E-state index contributed by atoms with van der Waals surface area (Å²) in [5, 5.41) is 11.1. The van der Waals surface area contributed by atoms with E-state index in [2.05, 4.69) is 53.1 Å². The Balaban J connectivity index is 1.21. The molecule has 0 atom stereocenters. The second-order valence-corrected chi connectivity index (χ2v) is 9.67. The highest BCUT2D eigenvalue weighted by atomic mass is 127. The molecule has 0 aliphatic rings. The predicted octanol–water partition coefficient (Wildman–Crippen LogP) is 6.18. The highest BCUT2D eigenvalue weighted by Crippen LogP contribution is 2.26. The lowest BCUT2D eigenvalue weighted by Crippen LogP contribution is -2.05. The van der Waals surface area contributed by atoms with Crippen LogP contribution in [0, 0.1) is 3.57 Å². The van der Waals surface area contributed by atoms with E-state index in [0.717, 1.165) is 42.4 Å². The fourth-order valence-electron chi connectivity index (χ4n) is 4.10. The van der Waals surface area contributed by atoms with E-state index in [1.165, 1.54) is 0 Å². The minimum Gasteiger partial charge on any atom is -0.352 e. The van der Waals surface area contributed by atoms with Crippen molar-refractivity contribution in [2.45, 2.75) is 6.42 Å². The first-order valence-electron chi connectivity index (χ1n) is 11.6. The van der Waals surface area contributed by atoms with E-state index in [-0.39, 0.29) is 5.78 Å². The zero-order valence-corrected chi connectivity index (χ0v) is 21.6. The van der Waals surface area contributed by atoms with Crippen LogP contribution in [-0.4, -0.2) is 35.9 Å². The number of halogens is 1. The highest BCUT2D eigenvalue weighted by Gasteiger charge is 2.13. The molecule has 0 aliphatic carbocycles. The Morgan fingerprint density at radius 1 is 0.919 bits per heavy atom. The third kappa shape index (κ3) is 4.98. The average Bonchev–Trinajstić information content (AvgIpc) is 3.61. The van der Waals surface area contributed by atoms with Crippen LogP contribution in [0.4, 0.5) is 11.5 Å². The fraction of sp³-hybridized carbons (Fsp3) is 0.0357. The number of aromatic amines is 2. The molecule has 37 heavy (non-hydrogen) atoms. The smallest absolute Gasteiger partial charge is 0.183 e. The van der Waals surface area contributed by atoms with Gasteiger partial charge >= 0.3 is 0 Å². The lowest BCUT2D eigenvalue weighted by molar-refractivity contribution is 0.0989. The number of rotatable bonds is 7. The normalized spacial score (nSPS) is 11.1. The van der Waals surface area contributed by atoms with Gasteiger partial charge in [0.25, 0.3) is 0 Å². The Hall–Kier alpha value is -4.38. The molecule has 0 fully saturated rings. The van der Waals surface area contributed by atoms with E-state index in [4.69, 9.17) is 4.98 Å². The molecule has 0 radical (unpaired) electrons. The maximum absolute atomic E-state index is 12.9. The molecule has 0 amide bonds. The molecular formula is C28H20IN7O. The topological polar surface area (TPSA) is 112 Å². The summed E-state index contributed by atoms with van der Waals surface area (Å²) in [4.78, 5) is 29.4. The third-order valence-electron chi connectivity index (χ3n) is 6.03. The Morgan fingerprint density at radius 2 is 1.78 bits per heavy atom. The van der Waals surface area contributed by atoms with Crippen molar-refractivity contribution in [3.63, 3.8) is 0 Å². The van der Waals surface area contributed by atoms with Crippen LogP contribution < -0.4 is 5.32 Å². The zero-order valence-electron chi connectivity index (χ0n) is 19.4. The van der Waals surface area contributed by atoms with Crippen LogP contribution in [0.2, 0.25) is 0 Å². The molecule has 6 rings (SSSR count). The summed E-state index contributed by atoms with van der Waals surface area (Å²) in [5.74, 6) is 1.31. The zero-order chi connectivity index (χ0) is 25.2. The second-order valence-electron chi connectivity index (χ2n) is 8.51. The van der Waals surface area contributed by atoms with Gasteiger partial charge in [-0.1, -0.05) is 24.3 Å². The number of anilines is 2. The fourth-order valence-corrected chi connectivity index (χ4v) is 4.63. The van der Waals surface area contributed by atoms with Gasteiger partial charge < -0.3 is 10.3 Å². The summed E-state index contributed by atoms with van der Waals surface area (Å²) in [5.41, 5.74) is 6.30. The molecule has 6 aromatic rings. The van der Waals surface area contributed by atoms with E-state index in [1.54, 1.807) is 24.8 Å². The van der Waals surface area contributed by atoms with E-state index in [9.17, 15) is 4.79 Å². The van der Waals surface area contributed by atoms with Crippen LogP contribution in [0.1, 0.15) is 16.1 Å². The average molecular weight is 597 g/mol. The molecule has 9 heteroatoms.